The Morgan fingerprint density at radius 1 is 1.06 bits per heavy atom. The molecular weight excluding hydrogens is 434 g/mol. The van der Waals surface area contributed by atoms with Crippen LogP contribution in [0.2, 0.25) is 0 Å². The minimum Gasteiger partial charge on any atom is -0.378 e. The number of piperazine rings is 1. The van der Waals surface area contributed by atoms with Gasteiger partial charge in [0.15, 0.2) is 5.78 Å². The maximum atomic E-state index is 14.0. The summed E-state index contributed by atoms with van der Waals surface area (Å²) in [5.74, 6) is 0.467. The quantitative estimate of drug-likeness (QED) is 0.656. The molecule has 5 heteroatoms. The first-order chi connectivity index (χ1) is 16.8. The molecule has 2 aliphatic carbocycles. The van der Waals surface area contributed by atoms with Crippen LogP contribution < -0.4 is 4.90 Å². The second-order valence-corrected chi connectivity index (χ2v) is 11.3. The third-order valence-electron chi connectivity index (χ3n) is 8.65. The average molecular weight is 468 g/mol. The molecule has 2 aliphatic heterocycles. The summed E-state index contributed by atoms with van der Waals surface area (Å²) < 4.78 is 5.41. The Bertz CT molecular complexity index is 1300. The molecule has 4 aliphatic rings. The smallest absolute Gasteiger partial charge is 0.193 e. The Balaban J connectivity index is 1.40. The third kappa shape index (κ3) is 3.38. The van der Waals surface area contributed by atoms with Crippen LogP contribution in [0.3, 0.4) is 0 Å². The molecule has 0 radical (unpaired) electrons. The zero-order valence-electron chi connectivity index (χ0n) is 21.1. The molecule has 0 amide bonds. The summed E-state index contributed by atoms with van der Waals surface area (Å²) >= 11 is 0. The van der Waals surface area contributed by atoms with Crippen molar-refractivity contribution in [3.63, 3.8) is 0 Å². The first-order valence-corrected chi connectivity index (χ1v) is 12.9. The summed E-state index contributed by atoms with van der Waals surface area (Å²) in [6.07, 6.45) is 0.738. The van der Waals surface area contributed by atoms with E-state index in [-0.39, 0.29) is 11.2 Å². The molecule has 0 saturated carbocycles. The van der Waals surface area contributed by atoms with E-state index in [2.05, 4.69) is 55.7 Å². The molecule has 2 fully saturated rings. The molecule has 2 aromatic carbocycles. The number of Topliss-reactive ketones (excluding diaryl/α,β-unsaturated/α-hetero) is 1. The number of rotatable bonds is 3. The number of hydrogen-bond acceptors (Lipinski definition) is 5. The number of benzene rings is 2. The fraction of sp³-hybridized carbons (Fsp3) is 0.467. The lowest BCUT2D eigenvalue weighted by molar-refractivity contribution is -0.0660. The van der Waals surface area contributed by atoms with Crippen molar-refractivity contribution in [1.29, 1.82) is 5.26 Å². The number of hydrogen-bond donors (Lipinski definition) is 0. The van der Waals surface area contributed by atoms with Gasteiger partial charge in [0.25, 0.3) is 0 Å². The largest absolute Gasteiger partial charge is 0.378 e. The maximum Gasteiger partial charge on any atom is 0.193 e. The summed E-state index contributed by atoms with van der Waals surface area (Å²) in [5, 5.41) is 9.38. The van der Waals surface area contributed by atoms with E-state index in [9.17, 15) is 10.1 Å². The lowest BCUT2D eigenvalue weighted by Crippen LogP contribution is -2.56. The van der Waals surface area contributed by atoms with Crippen molar-refractivity contribution in [2.75, 3.05) is 44.3 Å². The van der Waals surface area contributed by atoms with Crippen molar-refractivity contribution < 1.29 is 9.53 Å². The number of nitrogens with zero attached hydrogens (tertiary/aromatic N) is 3. The molecule has 5 nitrogen and oxygen atoms in total. The normalized spacial score (nSPS) is 21.5. The van der Waals surface area contributed by atoms with Gasteiger partial charge in [0.05, 0.1) is 30.9 Å². The number of carbonyl (C=O) groups is 1. The van der Waals surface area contributed by atoms with E-state index in [4.69, 9.17) is 4.74 Å². The summed E-state index contributed by atoms with van der Waals surface area (Å²) in [5.41, 5.74) is 9.11. The van der Waals surface area contributed by atoms with Gasteiger partial charge in [0.1, 0.15) is 0 Å². The van der Waals surface area contributed by atoms with Crippen molar-refractivity contribution >= 4 is 17.0 Å². The van der Waals surface area contributed by atoms with Crippen molar-refractivity contribution in [2.45, 2.75) is 51.5 Å². The number of ketones is 1. The van der Waals surface area contributed by atoms with Crippen molar-refractivity contribution in [3.8, 4) is 6.07 Å². The van der Waals surface area contributed by atoms with Crippen molar-refractivity contribution in [1.82, 2.24) is 4.90 Å². The lowest BCUT2D eigenvalue weighted by atomic mass is 9.67. The number of anilines is 1. The summed E-state index contributed by atoms with van der Waals surface area (Å²) in [7, 11) is 0. The minimum atomic E-state index is -0.250. The highest BCUT2D eigenvalue weighted by Gasteiger charge is 2.43. The molecule has 2 aromatic rings. The van der Waals surface area contributed by atoms with E-state index in [1.165, 1.54) is 16.8 Å². The predicted octanol–water partition coefficient (Wildman–Crippen LogP) is 4.69. The van der Waals surface area contributed by atoms with Gasteiger partial charge in [-0.2, -0.15) is 5.26 Å². The maximum absolute atomic E-state index is 14.0. The Morgan fingerprint density at radius 3 is 2.43 bits per heavy atom. The van der Waals surface area contributed by atoms with Gasteiger partial charge in [-0.3, -0.25) is 9.69 Å². The van der Waals surface area contributed by atoms with Crippen LogP contribution >= 0.6 is 0 Å². The highest BCUT2D eigenvalue weighted by Crippen LogP contribution is 2.51. The fourth-order valence-electron chi connectivity index (χ4n) is 6.39. The molecule has 0 atom stereocenters. The van der Waals surface area contributed by atoms with Gasteiger partial charge >= 0.3 is 0 Å². The van der Waals surface area contributed by atoms with Gasteiger partial charge in [-0.25, -0.2) is 0 Å². The number of fused-ring (bicyclic) bond motifs is 3. The van der Waals surface area contributed by atoms with Gasteiger partial charge in [-0.05, 0) is 64.4 Å². The van der Waals surface area contributed by atoms with Gasteiger partial charge in [0, 0.05) is 48.4 Å². The Hall–Kier alpha value is -2.94. The summed E-state index contributed by atoms with van der Waals surface area (Å²) in [4.78, 5) is 19.1. The first-order valence-electron chi connectivity index (χ1n) is 12.9. The summed E-state index contributed by atoms with van der Waals surface area (Å²) in [6.45, 7) is 14.8. The van der Waals surface area contributed by atoms with Gasteiger partial charge in [-0.1, -0.05) is 33.8 Å². The summed E-state index contributed by atoms with van der Waals surface area (Å²) in [6, 6.07) is 13.1. The molecule has 35 heavy (non-hydrogen) atoms. The van der Waals surface area contributed by atoms with Gasteiger partial charge in [0.2, 0.25) is 0 Å². The number of allylic oxidation sites excluding steroid dienone is 2. The van der Waals surface area contributed by atoms with E-state index >= 15 is 0 Å². The topological polar surface area (TPSA) is 56.6 Å². The van der Waals surface area contributed by atoms with Crippen molar-refractivity contribution in [3.05, 3.63) is 69.3 Å². The first kappa shape index (κ1) is 22.5. The Labute approximate surface area is 208 Å². The van der Waals surface area contributed by atoms with E-state index in [0.29, 0.717) is 17.5 Å². The SMILES string of the molecule is CC(C)c1cc2c(cc1N1CCN(C3COC3)CC1)C(C)(C)C1=C(C2=O)c2ccc(C#N)cc2C1. The van der Waals surface area contributed by atoms with E-state index < -0.39 is 0 Å². The van der Waals surface area contributed by atoms with Crippen LogP contribution in [0.25, 0.3) is 5.57 Å². The molecule has 0 N–H and O–H groups in total. The van der Waals surface area contributed by atoms with Crippen LogP contribution in [0.5, 0.6) is 0 Å². The van der Waals surface area contributed by atoms with E-state index in [0.717, 1.165) is 73.6 Å². The van der Waals surface area contributed by atoms with Crippen LogP contribution in [0.4, 0.5) is 5.69 Å². The zero-order chi connectivity index (χ0) is 24.5. The monoisotopic (exact) mass is 467 g/mol. The molecule has 0 spiro atoms. The van der Waals surface area contributed by atoms with Crippen LogP contribution in [0.1, 0.15) is 71.8 Å². The Morgan fingerprint density at radius 2 is 1.80 bits per heavy atom. The second-order valence-electron chi connectivity index (χ2n) is 11.3. The standard InChI is InChI=1S/C30H33N3O2/c1-18(2)23-13-24-25(14-27(23)33-9-7-32(8-10-33)21-16-35-17-21)30(3,4)26-12-20-11-19(15-31)5-6-22(20)28(26)29(24)34/h5-6,11,13-14,18,21H,7-10,12,16-17H2,1-4H3. The van der Waals surface area contributed by atoms with Gasteiger partial charge in [-0.15, -0.1) is 0 Å². The molecule has 0 aromatic heterocycles. The third-order valence-corrected chi connectivity index (χ3v) is 8.65. The molecule has 2 saturated heterocycles. The zero-order valence-corrected chi connectivity index (χ0v) is 21.1. The van der Waals surface area contributed by atoms with Crippen LogP contribution in [-0.4, -0.2) is 56.1 Å². The number of carbonyl (C=O) groups excluding carboxylic acids is 1. The molecular formula is C30H33N3O2. The lowest BCUT2D eigenvalue weighted by Gasteiger charge is -2.44. The predicted molar refractivity (Wildman–Crippen MR) is 138 cm³/mol. The van der Waals surface area contributed by atoms with Crippen LogP contribution in [0.15, 0.2) is 35.9 Å². The highest BCUT2D eigenvalue weighted by atomic mass is 16.5. The van der Waals surface area contributed by atoms with Crippen molar-refractivity contribution in [2.24, 2.45) is 0 Å². The number of nitriles is 1. The second kappa shape index (κ2) is 8.05. The molecule has 180 valence electrons. The van der Waals surface area contributed by atoms with Crippen LogP contribution in [0, 0.1) is 11.3 Å². The Kier molecular flexibility index (Phi) is 5.18. The highest BCUT2D eigenvalue weighted by molar-refractivity contribution is 6.33. The molecule has 6 rings (SSSR count). The average Bonchev–Trinajstić information content (AvgIpc) is 3.21. The van der Waals surface area contributed by atoms with E-state index in [1.54, 1.807) is 0 Å². The van der Waals surface area contributed by atoms with Gasteiger partial charge < -0.3 is 9.64 Å². The molecule has 0 bridgehead atoms. The molecule has 2 heterocycles. The minimum absolute atomic E-state index is 0.140. The van der Waals surface area contributed by atoms with E-state index in [1.807, 2.05) is 18.2 Å². The van der Waals surface area contributed by atoms with Crippen LogP contribution in [-0.2, 0) is 16.6 Å². The molecule has 0 unspecified atom stereocenters. The fourth-order valence-corrected chi connectivity index (χ4v) is 6.39. The number of ether oxygens (including phenoxy) is 1.